The van der Waals surface area contributed by atoms with E-state index in [1.165, 1.54) is 104 Å². The van der Waals surface area contributed by atoms with Crippen molar-refractivity contribution in [2.24, 2.45) is 0 Å². The quantitative estimate of drug-likeness (QED) is 0.168. The molecule has 0 N–H and O–H groups in total. The van der Waals surface area contributed by atoms with Crippen molar-refractivity contribution in [3.8, 4) is 22.3 Å². The van der Waals surface area contributed by atoms with Crippen molar-refractivity contribution in [1.29, 1.82) is 0 Å². The van der Waals surface area contributed by atoms with E-state index in [2.05, 4.69) is 184 Å². The molecular weight excluding hydrogens is 651 g/mol. The largest absolute Gasteiger partial charge is 0.376 e. The van der Waals surface area contributed by atoms with E-state index in [-0.39, 0.29) is 34.0 Å². The maximum Gasteiger partial charge on any atom is 0.333 e. The van der Waals surface area contributed by atoms with Crippen molar-refractivity contribution in [2.45, 2.75) is 136 Å². The lowest BCUT2D eigenvalue weighted by atomic mass is 9.43. The Labute approximate surface area is 326 Å². The van der Waals surface area contributed by atoms with E-state index in [0.717, 1.165) is 0 Å². The molecule has 54 heavy (non-hydrogen) atoms. The third-order valence-electron chi connectivity index (χ3n) is 14.2. The van der Waals surface area contributed by atoms with E-state index in [9.17, 15) is 0 Å². The van der Waals surface area contributed by atoms with E-state index in [1.54, 1.807) is 5.56 Å². The van der Waals surface area contributed by atoms with Gasteiger partial charge in [-0.2, -0.15) is 0 Å². The Kier molecular flexibility index (Phi) is 7.49. The van der Waals surface area contributed by atoms with Crippen LogP contribution in [0.15, 0.2) is 91.0 Å². The van der Waals surface area contributed by atoms with Gasteiger partial charge in [0.05, 0.1) is 5.54 Å². The van der Waals surface area contributed by atoms with Crippen LogP contribution in [0.4, 0.5) is 22.7 Å². The highest BCUT2D eigenvalue weighted by Gasteiger charge is 2.62. The lowest BCUT2D eigenvalue weighted by Gasteiger charge is -2.53. The number of aryl methyl sites for hydroxylation is 1. The van der Waals surface area contributed by atoms with Gasteiger partial charge in [-0.15, -0.1) is 0 Å². The zero-order valence-electron chi connectivity index (χ0n) is 35.0. The van der Waals surface area contributed by atoms with Crippen LogP contribution in [0.1, 0.15) is 130 Å². The molecule has 2 atom stereocenters. The van der Waals surface area contributed by atoms with E-state index < -0.39 is 0 Å². The molecule has 3 aliphatic heterocycles. The van der Waals surface area contributed by atoms with E-state index in [0.29, 0.717) is 0 Å². The molecule has 9 rings (SSSR count). The zero-order valence-corrected chi connectivity index (χ0v) is 35.0. The van der Waals surface area contributed by atoms with Crippen LogP contribution >= 0.6 is 0 Å². The highest BCUT2D eigenvalue weighted by molar-refractivity contribution is 6.93. The molecule has 0 aromatic heterocycles. The zero-order chi connectivity index (χ0) is 38.3. The first-order valence-corrected chi connectivity index (χ1v) is 20.6. The SMILES string of the molecule is Cc1ccccc1-c1cc2c3c(c1)N1c4c(cc(C(C)(C)C)cc4C4(C)CCCCC14C)B3N(c1ccc(C(C)(C)C)cc1)c1cc(C(C)(C)C)ccc1-2. The maximum absolute atomic E-state index is 2.88. The Bertz CT molecular complexity index is 2350. The molecule has 276 valence electrons. The summed E-state index contributed by atoms with van der Waals surface area (Å²) < 4.78 is 0. The van der Waals surface area contributed by atoms with Crippen LogP contribution in [0.25, 0.3) is 22.3 Å². The highest BCUT2D eigenvalue weighted by atomic mass is 15.3. The normalized spacial score (nSPS) is 21.4. The third-order valence-corrected chi connectivity index (χ3v) is 14.2. The van der Waals surface area contributed by atoms with Crippen LogP contribution in [0.2, 0.25) is 0 Å². The number of anilines is 4. The molecule has 0 bridgehead atoms. The van der Waals surface area contributed by atoms with Crippen molar-refractivity contribution in [2.75, 3.05) is 9.71 Å². The van der Waals surface area contributed by atoms with Gasteiger partial charge in [-0.05, 0) is 129 Å². The third kappa shape index (κ3) is 4.92. The molecule has 5 aromatic carbocycles. The lowest BCUT2D eigenvalue weighted by Crippen LogP contribution is -2.64. The fraction of sp³-hybridized carbons (Fsp3) is 0.412. The first-order valence-electron chi connectivity index (χ1n) is 20.6. The van der Waals surface area contributed by atoms with Gasteiger partial charge in [-0.1, -0.05) is 143 Å². The number of benzene rings is 5. The summed E-state index contributed by atoms with van der Waals surface area (Å²) in [6.07, 6.45) is 4.97. The van der Waals surface area contributed by atoms with Gasteiger partial charge in [-0.25, -0.2) is 0 Å². The van der Waals surface area contributed by atoms with Gasteiger partial charge in [-0.3, -0.25) is 0 Å². The Balaban J connectivity index is 1.45. The Morgan fingerprint density at radius 3 is 1.91 bits per heavy atom. The summed E-state index contributed by atoms with van der Waals surface area (Å²) in [4.78, 5) is 5.62. The van der Waals surface area contributed by atoms with Crippen LogP contribution in [-0.4, -0.2) is 12.4 Å². The minimum atomic E-state index is -0.0303. The van der Waals surface area contributed by atoms with Crippen molar-refractivity contribution in [1.82, 2.24) is 0 Å². The molecule has 1 saturated carbocycles. The first kappa shape index (κ1) is 35.5. The molecule has 4 aliphatic rings. The summed E-state index contributed by atoms with van der Waals surface area (Å²) >= 11 is 0. The van der Waals surface area contributed by atoms with Crippen LogP contribution in [-0.2, 0) is 21.7 Å². The second-order valence-electron chi connectivity index (χ2n) is 20.7. The number of fused-ring (bicyclic) bond motifs is 7. The molecule has 0 radical (unpaired) electrons. The standard InChI is InChI=1S/C51H59BN2/c1-32-17-13-14-18-38(32)33-27-40-39-24-21-35(48(5,6)7)31-43(39)54(37-22-19-34(20-23-37)47(2,3)4)52-42-30-36(49(8,9)10)29-41-46(42)53(44(28-33)45(40)52)51(12)26-16-15-25-50(41,51)11/h13-14,17-24,27-31H,15-16,25-26H2,1-12H3. The fourth-order valence-corrected chi connectivity index (χ4v) is 10.7. The summed E-state index contributed by atoms with van der Waals surface area (Å²) in [5.41, 5.74) is 20.9. The van der Waals surface area contributed by atoms with E-state index >= 15 is 0 Å². The van der Waals surface area contributed by atoms with E-state index in [4.69, 9.17) is 0 Å². The monoisotopic (exact) mass is 710 g/mol. The van der Waals surface area contributed by atoms with Crippen molar-refractivity contribution >= 4 is 40.5 Å². The molecule has 3 heterocycles. The van der Waals surface area contributed by atoms with Gasteiger partial charge < -0.3 is 9.71 Å². The molecule has 1 fully saturated rings. The molecule has 0 saturated heterocycles. The van der Waals surface area contributed by atoms with Crippen LogP contribution in [0.3, 0.4) is 0 Å². The first-order chi connectivity index (χ1) is 25.3. The maximum atomic E-state index is 2.88. The van der Waals surface area contributed by atoms with Crippen LogP contribution in [0.5, 0.6) is 0 Å². The van der Waals surface area contributed by atoms with Gasteiger partial charge in [0.1, 0.15) is 0 Å². The van der Waals surface area contributed by atoms with Crippen molar-refractivity contribution < 1.29 is 0 Å². The molecule has 5 aromatic rings. The molecule has 0 spiro atoms. The lowest BCUT2D eigenvalue weighted by molar-refractivity contribution is 0.195. The Morgan fingerprint density at radius 1 is 0.593 bits per heavy atom. The predicted octanol–water partition coefficient (Wildman–Crippen LogP) is 12.5. The average Bonchev–Trinajstić information content (AvgIpc) is 3.32. The smallest absolute Gasteiger partial charge is 0.333 e. The topological polar surface area (TPSA) is 6.48 Å². The van der Waals surface area contributed by atoms with Crippen molar-refractivity contribution in [3.05, 3.63) is 119 Å². The van der Waals surface area contributed by atoms with Gasteiger partial charge in [0.15, 0.2) is 0 Å². The summed E-state index contributed by atoms with van der Waals surface area (Å²) in [6.45, 7) is 28.7. The molecule has 3 heteroatoms. The molecular formula is C51H59BN2. The fourth-order valence-electron chi connectivity index (χ4n) is 10.7. The van der Waals surface area contributed by atoms with Gasteiger partial charge >= 0.3 is 6.85 Å². The van der Waals surface area contributed by atoms with Crippen molar-refractivity contribution in [3.63, 3.8) is 0 Å². The van der Waals surface area contributed by atoms with Crippen LogP contribution in [0, 0.1) is 6.92 Å². The van der Waals surface area contributed by atoms with Crippen LogP contribution < -0.4 is 20.6 Å². The highest BCUT2D eigenvalue weighted by Crippen LogP contribution is 2.63. The average molecular weight is 711 g/mol. The summed E-state index contributed by atoms with van der Waals surface area (Å²) in [5.74, 6) is 0. The second-order valence-corrected chi connectivity index (χ2v) is 20.7. The summed E-state index contributed by atoms with van der Waals surface area (Å²) in [5, 5.41) is 0. The number of hydrogen-bond donors (Lipinski definition) is 0. The number of rotatable bonds is 2. The number of hydrogen-bond acceptors (Lipinski definition) is 2. The molecule has 0 amide bonds. The predicted molar refractivity (Wildman–Crippen MR) is 235 cm³/mol. The van der Waals surface area contributed by atoms with Gasteiger partial charge in [0.25, 0.3) is 0 Å². The minimum Gasteiger partial charge on any atom is -0.376 e. The summed E-state index contributed by atoms with van der Waals surface area (Å²) in [6, 6.07) is 36.3. The minimum absolute atomic E-state index is 0.0148. The van der Waals surface area contributed by atoms with Gasteiger partial charge in [0, 0.05) is 33.7 Å². The second kappa shape index (κ2) is 11.4. The Morgan fingerprint density at radius 2 is 1.24 bits per heavy atom. The number of nitrogens with zero attached hydrogens (tertiary/aromatic N) is 2. The summed E-state index contributed by atoms with van der Waals surface area (Å²) in [7, 11) is 0. The molecule has 2 unspecified atom stereocenters. The van der Waals surface area contributed by atoms with E-state index in [1.807, 2.05) is 0 Å². The molecule has 1 aliphatic carbocycles. The van der Waals surface area contributed by atoms with Gasteiger partial charge in [0.2, 0.25) is 0 Å². The Hall–Kier alpha value is -4.24. The molecule has 2 nitrogen and oxygen atoms in total.